The molecule has 0 bridgehead atoms. The Balaban J connectivity index is 2.85. The Morgan fingerprint density at radius 3 is 2.86 bits per heavy atom. The van der Waals surface area contributed by atoms with Crippen LogP contribution in [-0.4, -0.2) is 11.2 Å². The van der Waals surface area contributed by atoms with Gasteiger partial charge in [0.05, 0.1) is 6.10 Å². The average molecular weight is 209 g/mol. The van der Waals surface area contributed by atoms with Gasteiger partial charge in [0, 0.05) is 17.0 Å². The molecule has 0 heterocycles. The Morgan fingerprint density at radius 2 is 2.21 bits per heavy atom. The summed E-state index contributed by atoms with van der Waals surface area (Å²) in [6.07, 6.45) is 0.119. The van der Waals surface area contributed by atoms with E-state index in [-0.39, 0.29) is 6.10 Å². The van der Waals surface area contributed by atoms with Gasteiger partial charge in [0.1, 0.15) is 0 Å². The van der Waals surface area contributed by atoms with Gasteiger partial charge in [-0.2, -0.15) is 0 Å². The van der Waals surface area contributed by atoms with Crippen molar-refractivity contribution in [2.75, 3.05) is 0 Å². The summed E-state index contributed by atoms with van der Waals surface area (Å²) < 4.78 is 0. The van der Waals surface area contributed by atoms with Gasteiger partial charge in [-0.3, -0.25) is 0 Å². The van der Waals surface area contributed by atoms with Crippen LogP contribution in [0.1, 0.15) is 24.5 Å². The molecule has 0 fully saturated rings. The summed E-state index contributed by atoms with van der Waals surface area (Å²) >= 11 is 5.94. The Labute approximate surface area is 89.7 Å². The first-order valence-corrected chi connectivity index (χ1v) is 4.91. The number of rotatable bonds is 1. The second kappa shape index (κ2) is 5.05. The molecule has 1 N–H and O–H groups in total. The maximum atomic E-state index is 9.03. The molecule has 74 valence electrons. The van der Waals surface area contributed by atoms with Crippen molar-refractivity contribution in [1.29, 1.82) is 0 Å². The molecule has 1 aromatic carbocycles. The minimum Gasteiger partial charge on any atom is -0.392 e. The molecular formula is C12H13ClO. The standard InChI is InChI=1S/C12H13ClO/c1-9(14)5-3-6-11-7-4-8-12(13)10(11)2/h4,7-9,14H,5H2,1-2H3. The summed E-state index contributed by atoms with van der Waals surface area (Å²) in [6, 6.07) is 5.65. The Hall–Kier alpha value is -0.970. The van der Waals surface area contributed by atoms with E-state index in [1.54, 1.807) is 6.92 Å². The zero-order chi connectivity index (χ0) is 10.6. The van der Waals surface area contributed by atoms with Crippen molar-refractivity contribution in [3.63, 3.8) is 0 Å². The summed E-state index contributed by atoms with van der Waals surface area (Å²) in [7, 11) is 0. The Kier molecular flexibility index (Phi) is 4.00. The first-order valence-electron chi connectivity index (χ1n) is 4.53. The fourth-order valence-corrected chi connectivity index (χ4v) is 1.21. The molecule has 1 rings (SSSR count). The van der Waals surface area contributed by atoms with E-state index in [9.17, 15) is 0 Å². The van der Waals surface area contributed by atoms with Gasteiger partial charge in [0.2, 0.25) is 0 Å². The van der Waals surface area contributed by atoms with Crippen LogP contribution >= 0.6 is 11.6 Å². The van der Waals surface area contributed by atoms with Crippen LogP contribution in [0, 0.1) is 18.8 Å². The molecule has 1 atom stereocenters. The SMILES string of the molecule is Cc1c(Cl)cccc1C#CCC(C)O. The van der Waals surface area contributed by atoms with E-state index in [1.807, 2.05) is 25.1 Å². The van der Waals surface area contributed by atoms with Crippen LogP contribution in [0.3, 0.4) is 0 Å². The predicted octanol–water partition coefficient (Wildman–Crippen LogP) is 2.77. The maximum absolute atomic E-state index is 9.03. The maximum Gasteiger partial charge on any atom is 0.0621 e. The summed E-state index contributed by atoms with van der Waals surface area (Å²) in [4.78, 5) is 0. The molecule has 1 unspecified atom stereocenters. The second-order valence-electron chi connectivity index (χ2n) is 3.27. The number of aliphatic hydroxyl groups is 1. The molecule has 0 amide bonds. The number of aliphatic hydroxyl groups excluding tert-OH is 1. The third-order valence-electron chi connectivity index (χ3n) is 1.89. The summed E-state index contributed by atoms with van der Waals surface area (Å²) in [5.74, 6) is 5.90. The topological polar surface area (TPSA) is 20.2 Å². The van der Waals surface area contributed by atoms with Crippen molar-refractivity contribution in [3.05, 3.63) is 34.3 Å². The van der Waals surface area contributed by atoms with Crippen LogP contribution in [0.15, 0.2) is 18.2 Å². The van der Waals surface area contributed by atoms with E-state index in [1.165, 1.54) is 0 Å². The number of benzene rings is 1. The number of halogens is 1. The van der Waals surface area contributed by atoms with Crippen LogP contribution in [0.4, 0.5) is 0 Å². The molecule has 0 aromatic heterocycles. The lowest BCUT2D eigenvalue weighted by molar-refractivity contribution is 0.201. The molecule has 0 aliphatic rings. The average Bonchev–Trinajstić information content (AvgIpc) is 2.12. The van der Waals surface area contributed by atoms with Gasteiger partial charge >= 0.3 is 0 Å². The largest absolute Gasteiger partial charge is 0.392 e. The fourth-order valence-electron chi connectivity index (χ4n) is 1.04. The minimum atomic E-state index is -0.373. The predicted molar refractivity (Wildman–Crippen MR) is 59.4 cm³/mol. The summed E-state index contributed by atoms with van der Waals surface area (Å²) in [5.41, 5.74) is 1.92. The lowest BCUT2D eigenvalue weighted by atomic mass is 10.1. The van der Waals surface area contributed by atoms with Gasteiger partial charge < -0.3 is 5.11 Å². The second-order valence-corrected chi connectivity index (χ2v) is 3.67. The van der Waals surface area contributed by atoms with Crippen molar-refractivity contribution >= 4 is 11.6 Å². The zero-order valence-corrected chi connectivity index (χ0v) is 9.10. The zero-order valence-electron chi connectivity index (χ0n) is 8.34. The molecule has 14 heavy (non-hydrogen) atoms. The molecule has 0 saturated carbocycles. The highest BCUT2D eigenvalue weighted by molar-refractivity contribution is 6.31. The number of hydrogen-bond acceptors (Lipinski definition) is 1. The van der Waals surface area contributed by atoms with E-state index in [0.29, 0.717) is 6.42 Å². The monoisotopic (exact) mass is 208 g/mol. The molecular weight excluding hydrogens is 196 g/mol. The molecule has 0 aliphatic carbocycles. The van der Waals surface area contributed by atoms with Crippen molar-refractivity contribution in [3.8, 4) is 11.8 Å². The first kappa shape index (κ1) is 11.1. The highest BCUT2D eigenvalue weighted by Gasteiger charge is 1.98. The van der Waals surface area contributed by atoms with Gasteiger partial charge in [-0.05, 0) is 31.5 Å². The number of hydrogen-bond donors (Lipinski definition) is 1. The van der Waals surface area contributed by atoms with Crippen molar-refractivity contribution in [2.24, 2.45) is 0 Å². The van der Waals surface area contributed by atoms with Gasteiger partial charge in [0.15, 0.2) is 0 Å². The van der Waals surface area contributed by atoms with Crippen molar-refractivity contribution in [2.45, 2.75) is 26.4 Å². The van der Waals surface area contributed by atoms with Crippen LogP contribution in [0.25, 0.3) is 0 Å². The van der Waals surface area contributed by atoms with E-state index >= 15 is 0 Å². The van der Waals surface area contributed by atoms with E-state index in [0.717, 1.165) is 16.1 Å². The van der Waals surface area contributed by atoms with Gasteiger partial charge in [-0.25, -0.2) is 0 Å². The van der Waals surface area contributed by atoms with Gasteiger partial charge in [-0.1, -0.05) is 29.5 Å². The smallest absolute Gasteiger partial charge is 0.0621 e. The van der Waals surface area contributed by atoms with Crippen molar-refractivity contribution in [1.82, 2.24) is 0 Å². The molecule has 0 spiro atoms. The van der Waals surface area contributed by atoms with Crippen LogP contribution in [-0.2, 0) is 0 Å². The van der Waals surface area contributed by atoms with Gasteiger partial charge in [0.25, 0.3) is 0 Å². The minimum absolute atomic E-state index is 0.373. The first-order chi connectivity index (χ1) is 6.61. The molecule has 0 saturated heterocycles. The highest BCUT2D eigenvalue weighted by Crippen LogP contribution is 2.17. The third kappa shape index (κ3) is 3.06. The Bertz CT molecular complexity index is 372. The molecule has 0 aliphatic heterocycles. The third-order valence-corrected chi connectivity index (χ3v) is 2.30. The van der Waals surface area contributed by atoms with Crippen LogP contribution < -0.4 is 0 Å². The lowest BCUT2D eigenvalue weighted by Gasteiger charge is -1.99. The molecule has 1 nitrogen and oxygen atoms in total. The van der Waals surface area contributed by atoms with Crippen LogP contribution in [0.5, 0.6) is 0 Å². The lowest BCUT2D eigenvalue weighted by Crippen LogP contribution is -1.95. The normalized spacial score (nSPS) is 11.7. The van der Waals surface area contributed by atoms with E-state index in [2.05, 4.69) is 11.8 Å². The summed E-state index contributed by atoms with van der Waals surface area (Å²) in [5, 5.41) is 9.76. The fraction of sp³-hybridized carbons (Fsp3) is 0.333. The van der Waals surface area contributed by atoms with Crippen LogP contribution in [0.2, 0.25) is 5.02 Å². The Morgan fingerprint density at radius 1 is 1.50 bits per heavy atom. The molecule has 0 radical (unpaired) electrons. The van der Waals surface area contributed by atoms with Crippen molar-refractivity contribution < 1.29 is 5.11 Å². The van der Waals surface area contributed by atoms with E-state index in [4.69, 9.17) is 16.7 Å². The molecule has 2 heteroatoms. The van der Waals surface area contributed by atoms with Gasteiger partial charge in [-0.15, -0.1) is 0 Å². The molecule has 1 aromatic rings. The highest BCUT2D eigenvalue weighted by atomic mass is 35.5. The van der Waals surface area contributed by atoms with E-state index < -0.39 is 0 Å². The summed E-state index contributed by atoms with van der Waals surface area (Å²) in [6.45, 7) is 3.66. The quantitative estimate of drug-likeness (QED) is 0.704.